The molecule has 5 nitrogen and oxygen atoms in total. The highest BCUT2D eigenvalue weighted by Gasteiger charge is 2.51. The molecule has 3 rings (SSSR count). The van der Waals surface area contributed by atoms with Crippen molar-refractivity contribution in [3.63, 3.8) is 0 Å². The summed E-state index contributed by atoms with van der Waals surface area (Å²) >= 11 is 0. The van der Waals surface area contributed by atoms with E-state index in [1.807, 2.05) is 30.3 Å². The molecule has 0 amide bonds. The van der Waals surface area contributed by atoms with Crippen LogP contribution < -0.4 is 0 Å². The Kier molecular flexibility index (Phi) is 3.56. The van der Waals surface area contributed by atoms with Crippen LogP contribution in [-0.4, -0.2) is 42.9 Å². The van der Waals surface area contributed by atoms with E-state index in [-0.39, 0.29) is 6.10 Å². The van der Waals surface area contributed by atoms with E-state index in [9.17, 15) is 5.11 Å². The molecule has 0 radical (unpaired) electrons. The topological polar surface area (TPSA) is 57.2 Å². The maximum Gasteiger partial charge on any atom is 0.186 e. The van der Waals surface area contributed by atoms with Gasteiger partial charge in [-0.05, 0) is 6.92 Å². The number of hydrogen-bond acceptors (Lipinski definition) is 5. The zero-order chi connectivity index (χ0) is 13.4. The van der Waals surface area contributed by atoms with Gasteiger partial charge in [-0.2, -0.15) is 0 Å². The third kappa shape index (κ3) is 2.28. The summed E-state index contributed by atoms with van der Waals surface area (Å²) in [6, 6.07) is 9.64. The number of methoxy groups -OCH3 is 1. The number of ether oxygens (including phenoxy) is 4. The Balaban J connectivity index is 1.81. The highest BCUT2D eigenvalue weighted by Crippen LogP contribution is 2.38. The Morgan fingerprint density at radius 1 is 1.05 bits per heavy atom. The van der Waals surface area contributed by atoms with Crippen molar-refractivity contribution in [2.45, 2.75) is 43.9 Å². The minimum atomic E-state index is -0.717. The molecule has 1 N–H and O–H groups in total. The van der Waals surface area contributed by atoms with Crippen molar-refractivity contribution in [2.24, 2.45) is 0 Å². The molecule has 1 aromatic rings. The largest absolute Gasteiger partial charge is 0.388 e. The molecule has 1 aromatic carbocycles. The second-order valence-corrected chi connectivity index (χ2v) is 4.88. The monoisotopic (exact) mass is 266 g/mol. The van der Waals surface area contributed by atoms with Crippen molar-refractivity contribution < 1.29 is 24.1 Å². The lowest BCUT2D eigenvalue weighted by atomic mass is 10.0. The molecule has 19 heavy (non-hydrogen) atoms. The van der Waals surface area contributed by atoms with E-state index in [1.54, 1.807) is 14.0 Å². The van der Waals surface area contributed by atoms with E-state index >= 15 is 0 Å². The van der Waals surface area contributed by atoms with Gasteiger partial charge in [0, 0.05) is 12.7 Å². The van der Waals surface area contributed by atoms with Gasteiger partial charge >= 0.3 is 0 Å². The molecule has 6 atom stereocenters. The van der Waals surface area contributed by atoms with E-state index < -0.39 is 30.9 Å². The number of aliphatic hydroxyl groups is 1. The fourth-order valence-corrected chi connectivity index (χ4v) is 2.56. The van der Waals surface area contributed by atoms with Gasteiger partial charge < -0.3 is 24.1 Å². The van der Waals surface area contributed by atoms with E-state index in [1.165, 1.54) is 0 Å². The second-order valence-electron chi connectivity index (χ2n) is 4.88. The number of benzene rings is 1. The standard InChI is InChI=1S/C14H18O5/c1-8-10(15)11-12(14(16-2)17-8)19-13(18-11)9-6-4-3-5-7-9/h3-8,10-15H,1-2H3/t8-,10-,11+,12+,13-,14+/m0/s1. The van der Waals surface area contributed by atoms with Crippen LogP contribution in [0, 0.1) is 0 Å². The molecule has 0 unspecified atom stereocenters. The van der Waals surface area contributed by atoms with Gasteiger partial charge in [0.05, 0.1) is 6.10 Å². The van der Waals surface area contributed by atoms with Crippen LogP contribution in [0.5, 0.6) is 0 Å². The summed E-state index contributed by atoms with van der Waals surface area (Å²) in [5, 5.41) is 10.1. The first-order valence-electron chi connectivity index (χ1n) is 6.43. The Labute approximate surface area is 112 Å². The number of rotatable bonds is 2. The Hall–Kier alpha value is -0.980. The van der Waals surface area contributed by atoms with Crippen LogP contribution in [0.4, 0.5) is 0 Å². The molecular weight excluding hydrogens is 248 g/mol. The quantitative estimate of drug-likeness (QED) is 0.872. The summed E-state index contributed by atoms with van der Waals surface area (Å²) < 4.78 is 22.5. The fourth-order valence-electron chi connectivity index (χ4n) is 2.56. The molecule has 5 heteroatoms. The molecule has 2 aliphatic heterocycles. The second kappa shape index (κ2) is 5.19. The first-order valence-corrected chi connectivity index (χ1v) is 6.43. The molecule has 104 valence electrons. The maximum atomic E-state index is 10.1. The molecule has 0 aliphatic carbocycles. The van der Waals surface area contributed by atoms with Crippen molar-refractivity contribution >= 4 is 0 Å². The third-order valence-electron chi connectivity index (χ3n) is 3.62. The molecule has 0 saturated carbocycles. The van der Waals surface area contributed by atoms with Gasteiger partial charge in [-0.3, -0.25) is 0 Å². The summed E-state index contributed by atoms with van der Waals surface area (Å²) in [7, 11) is 1.56. The van der Waals surface area contributed by atoms with Crippen molar-refractivity contribution in [1.82, 2.24) is 0 Å². The van der Waals surface area contributed by atoms with Crippen LogP contribution in [-0.2, 0) is 18.9 Å². The zero-order valence-corrected chi connectivity index (χ0v) is 10.9. The van der Waals surface area contributed by atoms with Crippen LogP contribution in [0.3, 0.4) is 0 Å². The SMILES string of the molecule is CO[C@@H]1O[C@@H](C)[C@H](O)[C@H]2O[C@H](c3ccccc3)O[C@@H]12. The van der Waals surface area contributed by atoms with Gasteiger partial charge in [-0.15, -0.1) is 0 Å². The van der Waals surface area contributed by atoms with E-state index in [0.29, 0.717) is 0 Å². The van der Waals surface area contributed by atoms with E-state index in [2.05, 4.69) is 0 Å². The molecule has 0 bridgehead atoms. The molecule has 2 saturated heterocycles. The first kappa shape index (κ1) is 13.0. The normalized spacial score (nSPS) is 42.1. The van der Waals surface area contributed by atoms with Gasteiger partial charge in [-0.25, -0.2) is 0 Å². The predicted molar refractivity (Wildman–Crippen MR) is 66.3 cm³/mol. The van der Waals surface area contributed by atoms with Crippen LogP contribution in [0.2, 0.25) is 0 Å². The lowest BCUT2D eigenvalue weighted by Gasteiger charge is -2.37. The Morgan fingerprint density at radius 3 is 2.42 bits per heavy atom. The minimum Gasteiger partial charge on any atom is -0.388 e. The lowest BCUT2D eigenvalue weighted by Crippen LogP contribution is -2.55. The minimum absolute atomic E-state index is 0.343. The van der Waals surface area contributed by atoms with Crippen LogP contribution >= 0.6 is 0 Å². The number of aliphatic hydroxyl groups excluding tert-OH is 1. The van der Waals surface area contributed by atoms with Crippen molar-refractivity contribution in [3.05, 3.63) is 35.9 Å². The van der Waals surface area contributed by atoms with Crippen LogP contribution in [0.1, 0.15) is 18.8 Å². The molecular formula is C14H18O5. The number of hydrogen-bond donors (Lipinski definition) is 1. The highest BCUT2D eigenvalue weighted by atomic mass is 16.8. The van der Waals surface area contributed by atoms with Gasteiger partial charge in [0.15, 0.2) is 12.6 Å². The summed E-state index contributed by atoms with van der Waals surface area (Å²) in [4.78, 5) is 0. The molecule has 2 aliphatic rings. The summed E-state index contributed by atoms with van der Waals surface area (Å²) in [5.41, 5.74) is 0.923. The van der Waals surface area contributed by atoms with Crippen LogP contribution in [0.25, 0.3) is 0 Å². The average Bonchev–Trinajstić information content (AvgIpc) is 2.89. The van der Waals surface area contributed by atoms with Gasteiger partial charge in [0.2, 0.25) is 0 Å². The smallest absolute Gasteiger partial charge is 0.186 e. The van der Waals surface area contributed by atoms with Crippen LogP contribution in [0.15, 0.2) is 30.3 Å². The molecule has 0 spiro atoms. The van der Waals surface area contributed by atoms with Crippen molar-refractivity contribution in [3.8, 4) is 0 Å². The van der Waals surface area contributed by atoms with E-state index in [4.69, 9.17) is 18.9 Å². The van der Waals surface area contributed by atoms with Gasteiger partial charge in [0.25, 0.3) is 0 Å². The third-order valence-corrected chi connectivity index (χ3v) is 3.62. The molecule has 2 fully saturated rings. The average molecular weight is 266 g/mol. The highest BCUT2D eigenvalue weighted by molar-refractivity contribution is 5.17. The fraction of sp³-hybridized carbons (Fsp3) is 0.571. The Bertz CT molecular complexity index is 417. The number of fused-ring (bicyclic) bond motifs is 1. The summed E-state index contributed by atoms with van der Waals surface area (Å²) in [5.74, 6) is 0. The molecule has 0 aromatic heterocycles. The van der Waals surface area contributed by atoms with Gasteiger partial charge in [0.1, 0.15) is 18.3 Å². The van der Waals surface area contributed by atoms with Crippen molar-refractivity contribution in [2.75, 3.05) is 7.11 Å². The lowest BCUT2D eigenvalue weighted by molar-refractivity contribution is -0.261. The molecule has 2 heterocycles. The summed E-state index contributed by atoms with van der Waals surface area (Å²) in [6.07, 6.45) is -2.91. The first-order chi connectivity index (χ1) is 9.20. The zero-order valence-electron chi connectivity index (χ0n) is 10.9. The van der Waals surface area contributed by atoms with Crippen molar-refractivity contribution in [1.29, 1.82) is 0 Å². The van der Waals surface area contributed by atoms with E-state index in [0.717, 1.165) is 5.56 Å². The summed E-state index contributed by atoms with van der Waals surface area (Å²) in [6.45, 7) is 1.80. The van der Waals surface area contributed by atoms with Gasteiger partial charge in [-0.1, -0.05) is 30.3 Å². The Morgan fingerprint density at radius 2 is 1.74 bits per heavy atom. The maximum absolute atomic E-state index is 10.1. The predicted octanol–water partition coefficient (Wildman–Crippen LogP) is 1.22.